The topological polar surface area (TPSA) is 49.9 Å². The maximum absolute atomic E-state index is 12.3. The Bertz CT molecular complexity index is 695. The Labute approximate surface area is 147 Å². The first kappa shape index (κ1) is 17.0. The fraction of sp³-hybridized carbons (Fsp3) is 0.300. The summed E-state index contributed by atoms with van der Waals surface area (Å²) in [5, 5.41) is 0. The van der Waals surface area contributed by atoms with Crippen molar-refractivity contribution in [3.05, 3.63) is 66.2 Å². The highest BCUT2D eigenvalue weighted by molar-refractivity contribution is 5.77. The summed E-state index contributed by atoms with van der Waals surface area (Å²) in [5.74, 6) is 0.675. The van der Waals surface area contributed by atoms with E-state index in [0.717, 1.165) is 6.42 Å². The average Bonchev–Trinajstić information content (AvgIpc) is 2.68. The highest BCUT2D eigenvalue weighted by atomic mass is 16.6. The van der Waals surface area contributed by atoms with Gasteiger partial charge in [-0.1, -0.05) is 48.5 Å². The van der Waals surface area contributed by atoms with E-state index >= 15 is 0 Å². The molecular formula is C20H22N2O3. The van der Waals surface area contributed by atoms with Crippen LogP contribution in [0.5, 0.6) is 5.75 Å². The number of nitrogens with zero attached hydrogens (tertiary/aromatic N) is 2. The second kappa shape index (κ2) is 8.33. The Morgan fingerprint density at radius 2 is 1.36 bits per heavy atom. The number of hydrogen-bond acceptors (Lipinski definition) is 3. The van der Waals surface area contributed by atoms with Crippen LogP contribution in [0.4, 0.5) is 4.79 Å². The first-order valence-corrected chi connectivity index (χ1v) is 8.56. The predicted molar refractivity (Wildman–Crippen MR) is 95.4 cm³/mol. The Morgan fingerprint density at radius 1 is 0.800 bits per heavy atom. The van der Waals surface area contributed by atoms with Crippen LogP contribution in [-0.2, 0) is 11.2 Å². The predicted octanol–water partition coefficient (Wildman–Crippen LogP) is 2.96. The minimum atomic E-state index is -0.359. The van der Waals surface area contributed by atoms with Gasteiger partial charge in [0.25, 0.3) is 0 Å². The molecule has 0 aromatic heterocycles. The van der Waals surface area contributed by atoms with Gasteiger partial charge in [0.1, 0.15) is 5.75 Å². The van der Waals surface area contributed by atoms with Gasteiger partial charge in [0.2, 0.25) is 5.91 Å². The van der Waals surface area contributed by atoms with Crippen molar-refractivity contribution in [2.24, 2.45) is 0 Å². The van der Waals surface area contributed by atoms with Crippen LogP contribution in [-0.4, -0.2) is 48.0 Å². The second-order valence-electron chi connectivity index (χ2n) is 6.03. The highest BCUT2D eigenvalue weighted by Crippen LogP contribution is 2.12. The van der Waals surface area contributed by atoms with E-state index in [1.54, 1.807) is 17.0 Å². The van der Waals surface area contributed by atoms with Crippen molar-refractivity contribution >= 4 is 12.0 Å². The molecule has 1 heterocycles. The van der Waals surface area contributed by atoms with Crippen molar-refractivity contribution in [1.29, 1.82) is 0 Å². The molecule has 130 valence electrons. The summed E-state index contributed by atoms with van der Waals surface area (Å²) in [6, 6.07) is 19.0. The van der Waals surface area contributed by atoms with Crippen LogP contribution in [0.2, 0.25) is 0 Å². The van der Waals surface area contributed by atoms with Crippen LogP contribution in [0, 0.1) is 0 Å². The molecule has 2 amide bonds. The lowest BCUT2D eigenvalue weighted by molar-refractivity contribution is -0.132. The SMILES string of the molecule is O=C(CCc1ccccc1)N1CCN(C(=O)Oc2ccccc2)CC1. The van der Waals surface area contributed by atoms with Crippen LogP contribution >= 0.6 is 0 Å². The number of amides is 2. The number of carbonyl (C=O) groups excluding carboxylic acids is 2. The molecule has 0 N–H and O–H groups in total. The Hall–Kier alpha value is -2.82. The summed E-state index contributed by atoms with van der Waals surface area (Å²) in [5.41, 5.74) is 1.17. The lowest BCUT2D eigenvalue weighted by atomic mass is 10.1. The van der Waals surface area contributed by atoms with Crippen LogP contribution in [0.3, 0.4) is 0 Å². The third-order valence-corrected chi connectivity index (χ3v) is 4.31. The van der Waals surface area contributed by atoms with Crippen molar-refractivity contribution < 1.29 is 14.3 Å². The molecular weight excluding hydrogens is 316 g/mol. The van der Waals surface area contributed by atoms with Gasteiger partial charge in [0, 0.05) is 32.6 Å². The largest absolute Gasteiger partial charge is 0.415 e. The number of carbonyl (C=O) groups is 2. The van der Waals surface area contributed by atoms with Gasteiger partial charge in [-0.2, -0.15) is 0 Å². The summed E-state index contributed by atoms with van der Waals surface area (Å²) in [4.78, 5) is 28.0. The van der Waals surface area contributed by atoms with E-state index in [9.17, 15) is 9.59 Å². The van der Waals surface area contributed by atoms with Gasteiger partial charge >= 0.3 is 6.09 Å². The molecule has 3 rings (SSSR count). The van der Waals surface area contributed by atoms with E-state index in [0.29, 0.717) is 38.3 Å². The smallest absolute Gasteiger partial charge is 0.410 e. The highest BCUT2D eigenvalue weighted by Gasteiger charge is 2.25. The van der Waals surface area contributed by atoms with Crippen molar-refractivity contribution in [2.45, 2.75) is 12.8 Å². The molecule has 1 aliphatic rings. The summed E-state index contributed by atoms with van der Waals surface area (Å²) < 4.78 is 5.34. The zero-order valence-electron chi connectivity index (χ0n) is 14.1. The van der Waals surface area contributed by atoms with E-state index in [1.807, 2.05) is 53.4 Å². The lowest BCUT2D eigenvalue weighted by Gasteiger charge is -2.34. The van der Waals surface area contributed by atoms with Crippen molar-refractivity contribution in [3.8, 4) is 5.75 Å². The molecule has 0 radical (unpaired) electrons. The molecule has 2 aromatic carbocycles. The van der Waals surface area contributed by atoms with Gasteiger partial charge in [-0.15, -0.1) is 0 Å². The quantitative estimate of drug-likeness (QED) is 0.861. The van der Waals surface area contributed by atoms with E-state index in [4.69, 9.17) is 4.74 Å². The second-order valence-corrected chi connectivity index (χ2v) is 6.03. The summed E-state index contributed by atoms with van der Waals surface area (Å²) in [6.07, 6.45) is 0.886. The summed E-state index contributed by atoms with van der Waals surface area (Å²) in [6.45, 7) is 2.11. The van der Waals surface area contributed by atoms with Gasteiger partial charge < -0.3 is 14.5 Å². The Balaban J connectivity index is 1.43. The molecule has 5 nitrogen and oxygen atoms in total. The number of ether oxygens (including phenoxy) is 1. The van der Waals surface area contributed by atoms with E-state index < -0.39 is 0 Å². The number of benzene rings is 2. The molecule has 0 unspecified atom stereocenters. The number of hydrogen-bond donors (Lipinski definition) is 0. The first-order valence-electron chi connectivity index (χ1n) is 8.56. The molecule has 2 aromatic rings. The number of aryl methyl sites for hydroxylation is 1. The summed E-state index contributed by atoms with van der Waals surface area (Å²) in [7, 11) is 0. The monoisotopic (exact) mass is 338 g/mol. The van der Waals surface area contributed by atoms with Crippen LogP contribution in [0.15, 0.2) is 60.7 Å². The lowest BCUT2D eigenvalue weighted by Crippen LogP contribution is -2.51. The van der Waals surface area contributed by atoms with Crippen LogP contribution in [0.1, 0.15) is 12.0 Å². The number of rotatable bonds is 4. The maximum atomic E-state index is 12.3. The van der Waals surface area contributed by atoms with Gasteiger partial charge in [0.05, 0.1) is 0 Å². The normalized spacial score (nSPS) is 14.2. The molecule has 0 aliphatic carbocycles. The van der Waals surface area contributed by atoms with Gasteiger partial charge in [-0.25, -0.2) is 4.79 Å². The van der Waals surface area contributed by atoms with Crippen LogP contribution in [0.25, 0.3) is 0 Å². The number of para-hydroxylation sites is 1. The Kier molecular flexibility index (Phi) is 5.67. The third kappa shape index (κ3) is 4.83. The third-order valence-electron chi connectivity index (χ3n) is 4.31. The molecule has 5 heteroatoms. The molecule has 1 aliphatic heterocycles. The molecule has 25 heavy (non-hydrogen) atoms. The van der Waals surface area contributed by atoms with Gasteiger partial charge in [-0.3, -0.25) is 4.79 Å². The van der Waals surface area contributed by atoms with Crippen LogP contribution < -0.4 is 4.74 Å². The fourth-order valence-corrected chi connectivity index (χ4v) is 2.85. The van der Waals surface area contributed by atoms with E-state index in [-0.39, 0.29) is 12.0 Å². The first-order chi connectivity index (χ1) is 12.2. The van der Waals surface area contributed by atoms with Crippen molar-refractivity contribution in [1.82, 2.24) is 9.80 Å². The summed E-state index contributed by atoms with van der Waals surface area (Å²) >= 11 is 0. The van der Waals surface area contributed by atoms with Crippen molar-refractivity contribution in [3.63, 3.8) is 0 Å². The molecule has 0 atom stereocenters. The van der Waals surface area contributed by atoms with Gasteiger partial charge in [0.15, 0.2) is 0 Å². The molecule has 0 saturated carbocycles. The zero-order chi connectivity index (χ0) is 17.5. The molecule has 0 spiro atoms. The number of piperazine rings is 1. The van der Waals surface area contributed by atoms with E-state index in [1.165, 1.54) is 5.56 Å². The molecule has 0 bridgehead atoms. The minimum absolute atomic E-state index is 0.139. The van der Waals surface area contributed by atoms with Crippen molar-refractivity contribution in [2.75, 3.05) is 26.2 Å². The average molecular weight is 338 g/mol. The maximum Gasteiger partial charge on any atom is 0.415 e. The van der Waals surface area contributed by atoms with Gasteiger partial charge in [-0.05, 0) is 24.1 Å². The minimum Gasteiger partial charge on any atom is -0.410 e. The van der Waals surface area contributed by atoms with E-state index in [2.05, 4.69) is 0 Å². The molecule has 1 saturated heterocycles. The zero-order valence-corrected chi connectivity index (χ0v) is 14.1. The fourth-order valence-electron chi connectivity index (χ4n) is 2.85. The Morgan fingerprint density at radius 3 is 2.00 bits per heavy atom. The molecule has 1 fully saturated rings. The standard InChI is InChI=1S/C20H22N2O3/c23-19(12-11-17-7-3-1-4-8-17)21-13-15-22(16-14-21)20(24)25-18-9-5-2-6-10-18/h1-10H,11-16H2.